The summed E-state index contributed by atoms with van der Waals surface area (Å²) >= 11 is 5.26. The molecule has 6 nitrogen and oxygen atoms in total. The summed E-state index contributed by atoms with van der Waals surface area (Å²) in [5, 5.41) is 4.52. The molecule has 2 N–H and O–H groups in total. The van der Waals surface area contributed by atoms with Crippen LogP contribution in [0.3, 0.4) is 0 Å². The molecule has 0 saturated heterocycles. The summed E-state index contributed by atoms with van der Waals surface area (Å²) in [5.74, 6) is 0.160. The number of urea groups is 1. The topological polar surface area (TPSA) is 76.7 Å². The molecular weight excluding hydrogens is 260 g/mol. The number of carbonyl (C=O) groups excluding carboxylic acids is 2. The van der Waals surface area contributed by atoms with Gasteiger partial charge in [0, 0.05) is 11.8 Å². The number of amides is 3. The summed E-state index contributed by atoms with van der Waals surface area (Å²) in [6, 6.07) is 4.17. The van der Waals surface area contributed by atoms with Gasteiger partial charge in [0.15, 0.2) is 11.5 Å². The number of methoxy groups -OCH3 is 2. The number of imide groups is 1. The fraction of sp³-hybridized carbons (Fsp3) is 0.273. The molecule has 0 atom stereocenters. The van der Waals surface area contributed by atoms with Crippen molar-refractivity contribution >= 4 is 29.2 Å². The number of ether oxygens (including phenoxy) is 2. The first-order chi connectivity index (χ1) is 8.60. The van der Waals surface area contributed by atoms with Gasteiger partial charge in [0.05, 0.1) is 14.2 Å². The van der Waals surface area contributed by atoms with E-state index in [9.17, 15) is 9.59 Å². The Morgan fingerprint density at radius 3 is 2.44 bits per heavy atom. The third-order valence-electron chi connectivity index (χ3n) is 2.02. The zero-order valence-electron chi connectivity index (χ0n) is 9.95. The first kappa shape index (κ1) is 14.1. The SMILES string of the molecule is COc1ccc(NC(=O)NC(=O)CCl)cc1OC. The van der Waals surface area contributed by atoms with E-state index >= 15 is 0 Å². The van der Waals surface area contributed by atoms with Gasteiger partial charge in [-0.25, -0.2) is 4.79 Å². The van der Waals surface area contributed by atoms with Gasteiger partial charge in [0.25, 0.3) is 0 Å². The molecule has 0 aliphatic rings. The minimum absolute atomic E-state index is 0.278. The van der Waals surface area contributed by atoms with Crippen LogP contribution in [0.15, 0.2) is 18.2 Å². The fourth-order valence-electron chi connectivity index (χ4n) is 1.24. The van der Waals surface area contributed by atoms with E-state index in [0.29, 0.717) is 17.2 Å². The summed E-state index contributed by atoms with van der Waals surface area (Å²) in [7, 11) is 3.00. The number of hydrogen-bond acceptors (Lipinski definition) is 4. The zero-order chi connectivity index (χ0) is 13.5. The molecular formula is C11H13ClN2O4. The summed E-state index contributed by atoms with van der Waals surface area (Å²) < 4.78 is 10.1. The summed E-state index contributed by atoms with van der Waals surface area (Å²) in [5.41, 5.74) is 0.465. The van der Waals surface area contributed by atoms with Crippen LogP contribution in [0.4, 0.5) is 10.5 Å². The zero-order valence-corrected chi connectivity index (χ0v) is 10.7. The molecule has 0 heterocycles. The highest BCUT2D eigenvalue weighted by atomic mass is 35.5. The number of nitrogens with one attached hydrogen (secondary N) is 2. The monoisotopic (exact) mass is 272 g/mol. The van der Waals surface area contributed by atoms with Crippen LogP contribution in [0.2, 0.25) is 0 Å². The first-order valence-electron chi connectivity index (χ1n) is 4.99. The average molecular weight is 273 g/mol. The Kier molecular flexibility index (Phi) is 5.26. The molecule has 0 unspecified atom stereocenters. The van der Waals surface area contributed by atoms with E-state index in [4.69, 9.17) is 21.1 Å². The van der Waals surface area contributed by atoms with Crippen molar-refractivity contribution in [2.24, 2.45) is 0 Å². The average Bonchev–Trinajstić information content (AvgIpc) is 2.38. The second kappa shape index (κ2) is 6.70. The molecule has 0 aliphatic heterocycles. The summed E-state index contributed by atoms with van der Waals surface area (Å²) in [6.07, 6.45) is 0. The number of alkyl halides is 1. The van der Waals surface area contributed by atoms with Crippen LogP contribution in [-0.2, 0) is 4.79 Å². The Labute approximate surface area is 109 Å². The van der Waals surface area contributed by atoms with Crippen molar-refractivity contribution in [3.05, 3.63) is 18.2 Å². The molecule has 0 fully saturated rings. The van der Waals surface area contributed by atoms with Gasteiger partial charge in [-0.2, -0.15) is 0 Å². The van der Waals surface area contributed by atoms with Crippen molar-refractivity contribution in [2.75, 3.05) is 25.4 Å². The fourth-order valence-corrected chi connectivity index (χ4v) is 1.30. The molecule has 0 bridgehead atoms. The van der Waals surface area contributed by atoms with E-state index in [0.717, 1.165) is 0 Å². The molecule has 0 radical (unpaired) electrons. The maximum absolute atomic E-state index is 11.4. The second-order valence-corrected chi connectivity index (χ2v) is 3.47. The van der Waals surface area contributed by atoms with Crippen LogP contribution in [0, 0.1) is 0 Å². The van der Waals surface area contributed by atoms with E-state index in [2.05, 4.69) is 10.6 Å². The smallest absolute Gasteiger partial charge is 0.325 e. The molecule has 3 amide bonds. The van der Waals surface area contributed by atoms with Gasteiger partial charge in [-0.05, 0) is 12.1 Å². The molecule has 0 aromatic heterocycles. The normalized spacial score (nSPS) is 9.50. The van der Waals surface area contributed by atoms with Crippen molar-refractivity contribution < 1.29 is 19.1 Å². The van der Waals surface area contributed by atoms with Crippen molar-refractivity contribution in [2.45, 2.75) is 0 Å². The van der Waals surface area contributed by atoms with Crippen molar-refractivity contribution in [3.63, 3.8) is 0 Å². The van der Waals surface area contributed by atoms with Gasteiger partial charge in [0.2, 0.25) is 5.91 Å². The Morgan fingerprint density at radius 1 is 1.22 bits per heavy atom. The molecule has 1 rings (SSSR count). The Morgan fingerprint density at radius 2 is 1.89 bits per heavy atom. The van der Waals surface area contributed by atoms with E-state index in [-0.39, 0.29) is 5.88 Å². The third kappa shape index (κ3) is 3.81. The van der Waals surface area contributed by atoms with E-state index in [1.807, 2.05) is 0 Å². The van der Waals surface area contributed by atoms with Crippen molar-refractivity contribution in [1.82, 2.24) is 5.32 Å². The molecule has 1 aromatic rings. The van der Waals surface area contributed by atoms with Crippen LogP contribution in [0.5, 0.6) is 11.5 Å². The molecule has 18 heavy (non-hydrogen) atoms. The molecule has 0 spiro atoms. The van der Waals surface area contributed by atoms with Gasteiger partial charge in [-0.15, -0.1) is 11.6 Å². The van der Waals surface area contributed by atoms with Gasteiger partial charge in [-0.3, -0.25) is 10.1 Å². The van der Waals surface area contributed by atoms with Crippen LogP contribution in [0.1, 0.15) is 0 Å². The van der Waals surface area contributed by atoms with Gasteiger partial charge < -0.3 is 14.8 Å². The molecule has 0 aliphatic carbocycles. The summed E-state index contributed by atoms with van der Waals surface area (Å²) in [6.45, 7) is 0. The lowest BCUT2D eigenvalue weighted by Crippen LogP contribution is -2.35. The van der Waals surface area contributed by atoms with Crippen LogP contribution in [-0.4, -0.2) is 32.0 Å². The Hall–Kier alpha value is -1.95. The van der Waals surface area contributed by atoms with Crippen LogP contribution in [0.25, 0.3) is 0 Å². The largest absolute Gasteiger partial charge is 0.493 e. The maximum atomic E-state index is 11.4. The Balaban J connectivity index is 2.73. The highest BCUT2D eigenvalue weighted by Crippen LogP contribution is 2.29. The molecule has 7 heteroatoms. The molecule has 1 aromatic carbocycles. The highest BCUT2D eigenvalue weighted by Gasteiger charge is 2.09. The van der Waals surface area contributed by atoms with Crippen molar-refractivity contribution in [1.29, 1.82) is 0 Å². The molecule has 98 valence electrons. The Bertz CT molecular complexity index is 451. The van der Waals surface area contributed by atoms with E-state index in [1.54, 1.807) is 18.2 Å². The minimum Gasteiger partial charge on any atom is -0.493 e. The number of halogens is 1. The number of rotatable bonds is 4. The number of carbonyl (C=O) groups is 2. The number of benzene rings is 1. The minimum atomic E-state index is -0.659. The first-order valence-corrected chi connectivity index (χ1v) is 5.53. The maximum Gasteiger partial charge on any atom is 0.325 e. The van der Waals surface area contributed by atoms with Gasteiger partial charge in [-0.1, -0.05) is 0 Å². The quantitative estimate of drug-likeness (QED) is 0.816. The number of anilines is 1. The van der Waals surface area contributed by atoms with Crippen molar-refractivity contribution in [3.8, 4) is 11.5 Å². The lowest BCUT2D eigenvalue weighted by Gasteiger charge is -2.10. The highest BCUT2D eigenvalue weighted by molar-refractivity contribution is 6.28. The third-order valence-corrected chi connectivity index (χ3v) is 2.26. The van der Waals surface area contributed by atoms with E-state index in [1.165, 1.54) is 14.2 Å². The van der Waals surface area contributed by atoms with E-state index < -0.39 is 11.9 Å². The van der Waals surface area contributed by atoms with Crippen LogP contribution < -0.4 is 20.1 Å². The lowest BCUT2D eigenvalue weighted by molar-refractivity contribution is -0.117. The molecule has 0 saturated carbocycles. The number of hydrogen-bond donors (Lipinski definition) is 2. The van der Waals surface area contributed by atoms with Gasteiger partial charge in [0.1, 0.15) is 5.88 Å². The second-order valence-electron chi connectivity index (χ2n) is 3.21. The van der Waals surface area contributed by atoms with Crippen LogP contribution >= 0.6 is 11.6 Å². The standard InChI is InChI=1S/C11H13ClN2O4/c1-17-8-4-3-7(5-9(8)18-2)13-11(16)14-10(15)6-12/h3-5H,6H2,1-2H3,(H2,13,14,15,16). The predicted octanol–water partition coefficient (Wildman–Crippen LogP) is 1.59. The summed E-state index contributed by atoms with van der Waals surface area (Å²) in [4.78, 5) is 22.2. The predicted molar refractivity (Wildman–Crippen MR) is 67.4 cm³/mol. The van der Waals surface area contributed by atoms with Gasteiger partial charge >= 0.3 is 6.03 Å². The lowest BCUT2D eigenvalue weighted by atomic mass is 10.3.